The van der Waals surface area contributed by atoms with Gasteiger partial charge in [0.2, 0.25) is 6.29 Å². The van der Waals surface area contributed by atoms with Crippen molar-refractivity contribution >= 4 is 18.0 Å². The average molecular weight is 424 g/mol. The molecular weight excluding hydrogens is 392 g/mol. The molecule has 0 aromatic carbocycles. The van der Waals surface area contributed by atoms with Crippen molar-refractivity contribution in [2.24, 2.45) is 11.8 Å². The van der Waals surface area contributed by atoms with Crippen molar-refractivity contribution in [3.8, 4) is 0 Å². The highest BCUT2D eigenvalue weighted by atomic mass is 17.1. The molecule has 12 heteroatoms. The van der Waals surface area contributed by atoms with Crippen LogP contribution in [0.2, 0.25) is 0 Å². The van der Waals surface area contributed by atoms with Crippen LogP contribution in [0.15, 0.2) is 0 Å². The molecule has 0 spiro atoms. The Bertz CT molecular complexity index is 501. The lowest BCUT2D eigenvalue weighted by atomic mass is 9.94. The quantitative estimate of drug-likeness (QED) is 0.130. The van der Waals surface area contributed by atoms with Gasteiger partial charge in [-0.15, -0.1) is 0 Å². The van der Waals surface area contributed by atoms with Gasteiger partial charge < -0.3 is 24.6 Å². The molecule has 29 heavy (non-hydrogen) atoms. The van der Waals surface area contributed by atoms with Crippen LogP contribution in [0.1, 0.15) is 47.0 Å². The Morgan fingerprint density at radius 3 is 2.28 bits per heavy atom. The molecular formula is C17H32N2O10. The third kappa shape index (κ3) is 16.6. The molecule has 0 aliphatic rings. The second-order valence-electron chi connectivity index (χ2n) is 6.93. The summed E-state index contributed by atoms with van der Waals surface area (Å²) in [5, 5.41) is 27.9. The fourth-order valence-corrected chi connectivity index (χ4v) is 2.44. The number of alkyl carbamates (subject to hydrolysis) is 1. The van der Waals surface area contributed by atoms with E-state index in [4.69, 9.17) is 29.7 Å². The Hall–Kier alpha value is -1.99. The van der Waals surface area contributed by atoms with Gasteiger partial charge in [0.05, 0.1) is 25.0 Å². The van der Waals surface area contributed by atoms with Crippen LogP contribution < -0.4 is 5.32 Å². The molecule has 0 heterocycles. The lowest BCUT2D eigenvalue weighted by molar-refractivity contribution is -0.504. The molecule has 4 N–H and O–H groups in total. The van der Waals surface area contributed by atoms with Crippen molar-refractivity contribution in [1.82, 2.24) is 10.7 Å². The van der Waals surface area contributed by atoms with Crippen LogP contribution in [0.3, 0.4) is 0 Å². The Labute approximate surface area is 169 Å². The number of carbonyl (C=O) groups is 3. The number of hydrogen-bond donors (Lipinski definition) is 4. The summed E-state index contributed by atoms with van der Waals surface area (Å²) in [6, 6.07) is 0. The van der Waals surface area contributed by atoms with Crippen LogP contribution in [-0.4, -0.2) is 71.1 Å². The molecule has 0 bridgehead atoms. The minimum atomic E-state index is -1.13. The smallest absolute Gasteiger partial charge is 0.410 e. The topological polar surface area (TPSA) is 164 Å². The number of carboxylic acid groups (broad SMARTS) is 1. The third-order valence-corrected chi connectivity index (χ3v) is 3.45. The van der Waals surface area contributed by atoms with Gasteiger partial charge in [0, 0.05) is 19.9 Å². The van der Waals surface area contributed by atoms with Crippen LogP contribution in [0, 0.1) is 11.8 Å². The van der Waals surface area contributed by atoms with Gasteiger partial charge in [-0.25, -0.2) is 9.63 Å². The zero-order valence-corrected chi connectivity index (χ0v) is 17.2. The van der Waals surface area contributed by atoms with Gasteiger partial charge in [-0.05, 0) is 25.2 Å². The van der Waals surface area contributed by atoms with Crippen molar-refractivity contribution in [2.75, 3.05) is 19.8 Å². The Morgan fingerprint density at radius 1 is 1.07 bits per heavy atom. The first-order valence-electron chi connectivity index (χ1n) is 9.27. The van der Waals surface area contributed by atoms with E-state index < -0.39 is 35.8 Å². The van der Waals surface area contributed by atoms with Gasteiger partial charge in [-0.3, -0.25) is 20.0 Å². The number of hydrogen-bond acceptors (Lipinski definition) is 10. The molecule has 170 valence electrons. The Balaban J connectivity index is 4.06. The van der Waals surface area contributed by atoms with E-state index in [0.29, 0.717) is 6.42 Å². The van der Waals surface area contributed by atoms with Crippen molar-refractivity contribution < 1.29 is 49.0 Å². The fourth-order valence-electron chi connectivity index (χ4n) is 2.44. The zero-order chi connectivity index (χ0) is 22.4. The predicted octanol–water partition coefficient (Wildman–Crippen LogP) is 1.55. The molecule has 0 saturated heterocycles. The van der Waals surface area contributed by atoms with Crippen molar-refractivity contribution in [2.45, 2.75) is 59.4 Å². The standard InChI is InChI=1S/C17H32N2O10/c1-11(2)7-14(8-15(20)21)9-18-17(23)28-13(4)27-16(22)5-6-26-10-12(3)29-19(24)25/h11-14,24-25H,5-10H2,1-4H3,(H,18,23)(H,20,21)/t12-,13?,14-/m0/s1. The first kappa shape index (κ1) is 27.0. The average Bonchev–Trinajstić information content (AvgIpc) is 2.54. The first-order chi connectivity index (χ1) is 13.5. The van der Waals surface area contributed by atoms with Crippen LogP contribution >= 0.6 is 0 Å². The molecule has 0 aliphatic carbocycles. The fraction of sp³-hybridized carbons (Fsp3) is 0.824. The van der Waals surface area contributed by atoms with Gasteiger partial charge in [0.25, 0.3) is 0 Å². The van der Waals surface area contributed by atoms with E-state index in [1.807, 2.05) is 13.8 Å². The number of esters is 1. The third-order valence-electron chi connectivity index (χ3n) is 3.45. The number of ether oxygens (including phenoxy) is 3. The number of aliphatic carboxylic acids is 1. The Morgan fingerprint density at radius 2 is 1.72 bits per heavy atom. The van der Waals surface area contributed by atoms with Crippen LogP contribution in [-0.2, 0) is 28.6 Å². The van der Waals surface area contributed by atoms with E-state index in [-0.39, 0.29) is 44.4 Å². The molecule has 3 atom stereocenters. The van der Waals surface area contributed by atoms with Gasteiger partial charge in [-0.1, -0.05) is 13.8 Å². The van der Waals surface area contributed by atoms with Crippen molar-refractivity contribution in [1.29, 1.82) is 0 Å². The monoisotopic (exact) mass is 424 g/mol. The highest BCUT2D eigenvalue weighted by Gasteiger charge is 2.18. The summed E-state index contributed by atoms with van der Waals surface area (Å²) in [5.41, 5.74) is 0. The zero-order valence-electron chi connectivity index (χ0n) is 17.2. The van der Waals surface area contributed by atoms with Gasteiger partial charge >= 0.3 is 18.0 Å². The molecule has 0 rings (SSSR count). The van der Waals surface area contributed by atoms with E-state index in [9.17, 15) is 14.4 Å². The van der Waals surface area contributed by atoms with E-state index in [2.05, 4.69) is 10.2 Å². The maximum absolute atomic E-state index is 11.8. The number of carbonyl (C=O) groups excluding carboxylic acids is 2. The van der Waals surface area contributed by atoms with E-state index in [1.165, 1.54) is 13.8 Å². The van der Waals surface area contributed by atoms with E-state index in [0.717, 1.165) is 0 Å². The SMILES string of the molecule is CC(C)C[C@H](CNC(=O)OC(C)OC(=O)CCOC[C@H](C)ON(O)O)CC(=O)O. The summed E-state index contributed by atoms with van der Waals surface area (Å²) in [5.74, 6) is -1.56. The van der Waals surface area contributed by atoms with Gasteiger partial charge in [0.15, 0.2) is 0 Å². The van der Waals surface area contributed by atoms with Crippen LogP contribution in [0.25, 0.3) is 0 Å². The minimum absolute atomic E-state index is 0.00558. The molecule has 1 unspecified atom stereocenters. The maximum atomic E-state index is 11.8. The molecule has 0 fully saturated rings. The van der Waals surface area contributed by atoms with Crippen molar-refractivity contribution in [3.63, 3.8) is 0 Å². The summed E-state index contributed by atoms with van der Waals surface area (Å²) in [6.45, 7) is 6.95. The lowest BCUT2D eigenvalue weighted by Crippen LogP contribution is -2.34. The summed E-state index contributed by atoms with van der Waals surface area (Å²) >= 11 is 0. The number of carboxylic acids is 1. The largest absolute Gasteiger partial charge is 0.481 e. The molecule has 0 radical (unpaired) electrons. The number of nitrogens with zero attached hydrogens (tertiary/aromatic N) is 1. The second-order valence-corrected chi connectivity index (χ2v) is 6.93. The van der Waals surface area contributed by atoms with Gasteiger partial charge in [0.1, 0.15) is 6.10 Å². The van der Waals surface area contributed by atoms with Crippen LogP contribution in [0.4, 0.5) is 4.79 Å². The minimum Gasteiger partial charge on any atom is -0.481 e. The summed E-state index contributed by atoms with van der Waals surface area (Å²) < 4.78 is 14.9. The highest BCUT2D eigenvalue weighted by Crippen LogP contribution is 2.14. The van der Waals surface area contributed by atoms with Crippen LogP contribution in [0.5, 0.6) is 0 Å². The van der Waals surface area contributed by atoms with Crippen molar-refractivity contribution in [3.05, 3.63) is 0 Å². The number of rotatable bonds is 15. The molecule has 0 aliphatic heterocycles. The number of amides is 1. The predicted molar refractivity (Wildman–Crippen MR) is 96.6 cm³/mol. The lowest BCUT2D eigenvalue weighted by Gasteiger charge is -2.19. The molecule has 0 saturated carbocycles. The maximum Gasteiger partial charge on any atom is 0.410 e. The number of nitrogens with one attached hydrogen (secondary N) is 1. The second kappa shape index (κ2) is 14.9. The van der Waals surface area contributed by atoms with E-state index in [1.54, 1.807) is 0 Å². The normalized spacial score (nSPS) is 14.3. The Kier molecular flexibility index (Phi) is 13.9. The van der Waals surface area contributed by atoms with Gasteiger partial charge in [-0.2, -0.15) is 0 Å². The summed E-state index contributed by atoms with van der Waals surface area (Å²) in [6.07, 6.45) is -2.14. The first-order valence-corrected chi connectivity index (χ1v) is 9.27. The van der Waals surface area contributed by atoms with E-state index >= 15 is 0 Å². The molecule has 12 nitrogen and oxygen atoms in total. The molecule has 1 amide bonds. The summed E-state index contributed by atoms with van der Waals surface area (Å²) in [7, 11) is 0. The highest BCUT2D eigenvalue weighted by molar-refractivity contribution is 5.70. The summed E-state index contributed by atoms with van der Waals surface area (Å²) in [4.78, 5) is 38.8. The molecule has 0 aromatic rings. The molecule has 0 aromatic heterocycles.